The summed E-state index contributed by atoms with van der Waals surface area (Å²) in [6.07, 6.45) is -0.295. The van der Waals surface area contributed by atoms with E-state index in [1.54, 1.807) is 0 Å². The molecule has 0 aliphatic rings. The standard InChI is InChI=1S/C9H13N.H2O4S/c1-8(10)7-9-5-3-2-4-6-9;1-5(2,3)4/h2-6,8H,7,10H2,1H3;(H2,1,2,3,4)/i7D;. The fourth-order valence-electron chi connectivity index (χ4n) is 0.868. The number of hydrogen-bond donors (Lipinski definition) is 3. The van der Waals surface area contributed by atoms with Gasteiger partial charge in [0.1, 0.15) is 0 Å². The zero-order valence-electron chi connectivity index (χ0n) is 9.24. The first-order chi connectivity index (χ1) is 7.22. The number of benzene rings is 1. The van der Waals surface area contributed by atoms with Gasteiger partial charge in [0.25, 0.3) is 0 Å². The first-order valence-electron chi connectivity index (χ1n) is 4.72. The van der Waals surface area contributed by atoms with Crippen LogP contribution in [-0.2, 0) is 16.8 Å². The summed E-state index contributed by atoms with van der Waals surface area (Å²) in [5.74, 6) is 0. The van der Waals surface area contributed by atoms with Crippen molar-refractivity contribution in [2.75, 3.05) is 0 Å². The van der Waals surface area contributed by atoms with Crippen molar-refractivity contribution < 1.29 is 18.9 Å². The van der Waals surface area contributed by atoms with Crippen LogP contribution in [0.4, 0.5) is 0 Å². The summed E-state index contributed by atoms with van der Waals surface area (Å²) < 4.78 is 39.2. The van der Waals surface area contributed by atoms with E-state index in [1.807, 2.05) is 37.3 Å². The van der Waals surface area contributed by atoms with E-state index >= 15 is 0 Å². The highest BCUT2D eigenvalue weighted by Crippen LogP contribution is 2.00. The number of rotatable bonds is 2. The maximum absolute atomic E-state index is 8.74. The number of nitrogens with two attached hydrogens (primary N) is 1. The predicted molar refractivity (Wildman–Crippen MR) is 58.0 cm³/mol. The van der Waals surface area contributed by atoms with E-state index in [0.717, 1.165) is 5.56 Å². The molecule has 86 valence electrons. The van der Waals surface area contributed by atoms with Gasteiger partial charge >= 0.3 is 10.4 Å². The Morgan fingerprint density at radius 1 is 1.40 bits per heavy atom. The van der Waals surface area contributed by atoms with Gasteiger partial charge in [-0.3, -0.25) is 9.11 Å². The smallest absolute Gasteiger partial charge is 0.328 e. The second-order valence-electron chi connectivity index (χ2n) is 2.88. The highest BCUT2D eigenvalue weighted by atomic mass is 32.3. The monoisotopic (exact) mass is 234 g/mol. The minimum atomic E-state index is -4.67. The van der Waals surface area contributed by atoms with Gasteiger partial charge in [0, 0.05) is 7.41 Å². The van der Waals surface area contributed by atoms with Crippen molar-refractivity contribution in [1.29, 1.82) is 0 Å². The average Bonchev–Trinajstić information content (AvgIpc) is 2.15. The molecule has 0 radical (unpaired) electrons. The average molecular weight is 234 g/mol. The van der Waals surface area contributed by atoms with Crippen molar-refractivity contribution in [3.05, 3.63) is 35.9 Å². The molecule has 0 aliphatic carbocycles. The van der Waals surface area contributed by atoms with E-state index in [9.17, 15) is 0 Å². The van der Waals surface area contributed by atoms with E-state index < -0.39 is 10.4 Å². The van der Waals surface area contributed by atoms with Crippen LogP contribution in [0.2, 0.25) is 0 Å². The molecule has 2 atom stereocenters. The zero-order chi connectivity index (χ0) is 12.8. The van der Waals surface area contributed by atoms with Gasteiger partial charge in [-0.1, -0.05) is 30.3 Å². The van der Waals surface area contributed by atoms with Gasteiger partial charge in [-0.15, -0.1) is 0 Å². The molecule has 0 aliphatic heterocycles. The summed E-state index contributed by atoms with van der Waals surface area (Å²) >= 11 is 0. The maximum Gasteiger partial charge on any atom is 0.394 e. The molecule has 0 saturated carbocycles. The van der Waals surface area contributed by atoms with Crippen LogP contribution >= 0.6 is 0 Å². The van der Waals surface area contributed by atoms with E-state index in [4.69, 9.17) is 24.6 Å². The van der Waals surface area contributed by atoms with Gasteiger partial charge in [-0.25, -0.2) is 0 Å². The highest BCUT2D eigenvalue weighted by Gasteiger charge is 1.94. The van der Waals surface area contributed by atoms with E-state index in [0.29, 0.717) is 0 Å². The fourth-order valence-corrected chi connectivity index (χ4v) is 0.868. The normalized spacial score (nSPS) is 15.6. The van der Waals surface area contributed by atoms with E-state index in [1.165, 1.54) is 0 Å². The largest absolute Gasteiger partial charge is 0.394 e. The Morgan fingerprint density at radius 3 is 2.13 bits per heavy atom. The molecule has 1 rings (SSSR count). The Kier molecular flexibility index (Phi) is 5.27. The Balaban J connectivity index is 0.000000385. The molecule has 0 saturated heterocycles. The highest BCUT2D eigenvalue weighted by molar-refractivity contribution is 7.79. The molecule has 1 aromatic carbocycles. The van der Waals surface area contributed by atoms with E-state index in [-0.39, 0.29) is 12.4 Å². The lowest BCUT2D eigenvalue weighted by Crippen LogP contribution is -2.17. The van der Waals surface area contributed by atoms with E-state index in [2.05, 4.69) is 0 Å². The molecule has 15 heavy (non-hydrogen) atoms. The maximum atomic E-state index is 8.74. The van der Waals surface area contributed by atoms with Gasteiger partial charge in [0.2, 0.25) is 0 Å². The summed E-state index contributed by atoms with van der Waals surface area (Å²) in [4.78, 5) is 0. The molecule has 0 fully saturated rings. The fraction of sp³-hybridized carbons (Fsp3) is 0.333. The zero-order valence-corrected chi connectivity index (χ0v) is 9.05. The predicted octanol–water partition coefficient (Wildman–Crippen LogP) is 0.924. The molecule has 0 bridgehead atoms. The van der Waals surface area contributed by atoms with Gasteiger partial charge in [-0.2, -0.15) is 8.42 Å². The Hall–Kier alpha value is -0.950. The van der Waals surface area contributed by atoms with Gasteiger partial charge < -0.3 is 5.73 Å². The molecule has 1 aromatic rings. The third-order valence-electron chi connectivity index (χ3n) is 1.25. The summed E-state index contributed by atoms with van der Waals surface area (Å²) in [5.41, 5.74) is 6.57. The first-order valence-corrected chi connectivity index (χ1v) is 5.54. The second-order valence-corrected chi connectivity index (χ2v) is 3.78. The summed E-state index contributed by atoms with van der Waals surface area (Å²) in [5, 5.41) is 0. The van der Waals surface area contributed by atoms with Crippen molar-refractivity contribution in [1.82, 2.24) is 0 Å². The topological polar surface area (TPSA) is 101 Å². The summed E-state index contributed by atoms with van der Waals surface area (Å²) in [7, 11) is -4.67. The van der Waals surface area contributed by atoms with Crippen LogP contribution in [0.3, 0.4) is 0 Å². The van der Waals surface area contributed by atoms with Crippen molar-refractivity contribution in [3.63, 3.8) is 0 Å². The van der Waals surface area contributed by atoms with Crippen LogP contribution in [0.1, 0.15) is 13.9 Å². The van der Waals surface area contributed by atoms with Crippen LogP contribution in [0.25, 0.3) is 0 Å². The van der Waals surface area contributed by atoms with Crippen LogP contribution in [0.5, 0.6) is 0 Å². The quantitative estimate of drug-likeness (QED) is 0.661. The minimum absolute atomic E-state index is 0.0996. The van der Waals surface area contributed by atoms with Crippen LogP contribution in [-0.4, -0.2) is 23.6 Å². The number of hydrogen-bond acceptors (Lipinski definition) is 3. The Bertz CT molecular complexity index is 385. The van der Waals surface area contributed by atoms with Gasteiger partial charge in [0.05, 0.1) is 0 Å². The van der Waals surface area contributed by atoms with Gasteiger partial charge in [0.15, 0.2) is 0 Å². The molecule has 0 amide bonds. The summed E-state index contributed by atoms with van der Waals surface area (Å²) in [6.45, 7) is 1.85. The van der Waals surface area contributed by atoms with Crippen molar-refractivity contribution in [2.45, 2.75) is 19.4 Å². The lowest BCUT2D eigenvalue weighted by molar-refractivity contribution is 0.381. The van der Waals surface area contributed by atoms with Crippen molar-refractivity contribution in [3.8, 4) is 0 Å². The molecular formula is C9H15NO4S. The molecule has 0 heterocycles. The van der Waals surface area contributed by atoms with Crippen LogP contribution in [0.15, 0.2) is 30.3 Å². The third-order valence-corrected chi connectivity index (χ3v) is 1.25. The molecule has 4 N–H and O–H groups in total. The Labute approximate surface area is 90.9 Å². The minimum Gasteiger partial charge on any atom is -0.328 e. The van der Waals surface area contributed by atoms with Crippen molar-refractivity contribution >= 4 is 10.4 Å². The molecule has 6 heteroatoms. The molecule has 2 unspecified atom stereocenters. The van der Waals surface area contributed by atoms with Crippen LogP contribution in [0, 0.1) is 0 Å². The molecule has 5 nitrogen and oxygen atoms in total. The SMILES string of the molecule is O=S(=O)(O)O.[2H]C(c1ccccc1)C(C)N. The second kappa shape index (κ2) is 6.52. The summed E-state index contributed by atoms with van der Waals surface area (Å²) in [6, 6.07) is 9.57. The van der Waals surface area contributed by atoms with Crippen LogP contribution < -0.4 is 5.73 Å². The van der Waals surface area contributed by atoms with Gasteiger partial charge in [-0.05, 0) is 18.9 Å². The van der Waals surface area contributed by atoms with Crippen molar-refractivity contribution in [2.24, 2.45) is 5.73 Å². The lowest BCUT2D eigenvalue weighted by atomic mass is 10.1. The Morgan fingerprint density at radius 2 is 1.80 bits per heavy atom. The molecular weight excluding hydrogens is 218 g/mol. The molecule has 0 spiro atoms. The lowest BCUT2D eigenvalue weighted by Gasteiger charge is -2.02. The molecule has 0 aromatic heterocycles. The third kappa shape index (κ3) is 13.1. The first kappa shape index (κ1) is 12.1.